The topological polar surface area (TPSA) is 95.1 Å². The second-order valence-electron chi connectivity index (χ2n) is 6.90. The molecule has 2 aromatic heterocycles. The molecule has 170 valence electrons. The van der Waals surface area contributed by atoms with E-state index < -0.39 is 17.5 Å². The molecule has 0 radical (unpaired) electrons. The van der Waals surface area contributed by atoms with Crippen molar-refractivity contribution in [3.63, 3.8) is 0 Å². The lowest BCUT2D eigenvalue weighted by Crippen LogP contribution is -2.16. The molecular weight excluding hydrogens is 479 g/mol. The van der Waals surface area contributed by atoms with Crippen LogP contribution in [0.15, 0.2) is 47.2 Å². The first-order chi connectivity index (χ1) is 15.8. The molecule has 33 heavy (non-hydrogen) atoms. The molecule has 0 fully saturated rings. The summed E-state index contributed by atoms with van der Waals surface area (Å²) >= 11 is 11.9. The molecule has 4 rings (SSSR count). The van der Waals surface area contributed by atoms with Crippen LogP contribution in [0.4, 0.5) is 14.7 Å². The lowest BCUT2D eigenvalue weighted by Gasteiger charge is -2.07. The van der Waals surface area contributed by atoms with Crippen LogP contribution in [0.5, 0.6) is 5.75 Å². The van der Waals surface area contributed by atoms with E-state index >= 15 is 0 Å². The number of aromatic nitrogens is 4. The van der Waals surface area contributed by atoms with Crippen molar-refractivity contribution in [3.05, 3.63) is 87.0 Å². The Labute approximate surface area is 196 Å². The molecule has 8 nitrogen and oxygen atoms in total. The van der Waals surface area contributed by atoms with E-state index in [9.17, 15) is 13.6 Å². The van der Waals surface area contributed by atoms with Crippen LogP contribution in [0.1, 0.15) is 27.4 Å². The molecule has 0 unspecified atom stereocenters. The van der Waals surface area contributed by atoms with Gasteiger partial charge in [-0.2, -0.15) is 0 Å². The van der Waals surface area contributed by atoms with Crippen LogP contribution in [0.3, 0.4) is 0 Å². The van der Waals surface area contributed by atoms with Gasteiger partial charge in [0, 0.05) is 6.07 Å². The third-order valence-corrected chi connectivity index (χ3v) is 5.30. The molecule has 0 aliphatic rings. The highest BCUT2D eigenvalue weighted by molar-refractivity contribution is 6.42. The summed E-state index contributed by atoms with van der Waals surface area (Å²) in [5.74, 6) is -2.07. The second-order valence-corrected chi connectivity index (χ2v) is 7.71. The van der Waals surface area contributed by atoms with Crippen LogP contribution in [0, 0.1) is 18.6 Å². The number of nitrogens with zero attached hydrogens (tertiary/aromatic N) is 4. The Bertz CT molecular complexity index is 1330. The largest absolute Gasteiger partial charge is 0.486 e. The first kappa shape index (κ1) is 22.7. The highest BCUT2D eigenvalue weighted by atomic mass is 35.5. The van der Waals surface area contributed by atoms with Gasteiger partial charge in [0.25, 0.3) is 5.91 Å². The van der Waals surface area contributed by atoms with Crippen LogP contribution in [-0.4, -0.2) is 25.8 Å². The van der Waals surface area contributed by atoms with E-state index in [1.54, 1.807) is 25.1 Å². The number of amides is 1. The first-order valence-corrected chi connectivity index (χ1v) is 10.2. The van der Waals surface area contributed by atoms with Crippen molar-refractivity contribution >= 4 is 35.1 Å². The maximum absolute atomic E-state index is 13.8. The summed E-state index contributed by atoms with van der Waals surface area (Å²) in [5.41, 5.74) is 1.06. The van der Waals surface area contributed by atoms with Crippen molar-refractivity contribution in [1.82, 2.24) is 19.9 Å². The Morgan fingerprint density at radius 1 is 1.18 bits per heavy atom. The van der Waals surface area contributed by atoms with Crippen LogP contribution >= 0.6 is 23.2 Å². The molecule has 0 aliphatic carbocycles. The maximum Gasteiger partial charge on any atom is 0.280 e. The van der Waals surface area contributed by atoms with Crippen LogP contribution < -0.4 is 10.1 Å². The van der Waals surface area contributed by atoms with E-state index in [0.717, 1.165) is 17.7 Å². The zero-order valence-electron chi connectivity index (χ0n) is 17.0. The number of carbonyl (C=O) groups is 1. The van der Waals surface area contributed by atoms with E-state index in [-0.39, 0.29) is 24.0 Å². The predicted octanol–water partition coefficient (Wildman–Crippen LogP) is 5.04. The smallest absolute Gasteiger partial charge is 0.280 e. The molecule has 0 saturated heterocycles. The summed E-state index contributed by atoms with van der Waals surface area (Å²) in [4.78, 5) is 16.7. The normalized spacial score (nSPS) is 10.9. The van der Waals surface area contributed by atoms with Crippen LogP contribution in [0.2, 0.25) is 10.0 Å². The summed E-state index contributed by atoms with van der Waals surface area (Å²) in [6, 6.07) is 8.08. The number of aryl methyl sites for hydroxylation is 1. The van der Waals surface area contributed by atoms with Gasteiger partial charge in [0.2, 0.25) is 5.95 Å². The fourth-order valence-electron chi connectivity index (χ4n) is 2.90. The Hall–Kier alpha value is -3.50. The van der Waals surface area contributed by atoms with Gasteiger partial charge in [-0.1, -0.05) is 34.4 Å². The standard InChI is InChI=1S/C21H15Cl2F2N5O3/c1-11-14(9-32-18-5-3-13(24)7-17(18)25)19(29-33-11)20(31)27-21-26-10-30(28-21)8-12-2-4-15(22)16(23)6-12/h2-7,10H,8-9H2,1H3,(H,27,28,31). The minimum atomic E-state index is -0.869. The molecule has 0 bridgehead atoms. The number of halogens is 4. The van der Waals surface area contributed by atoms with Crippen LogP contribution in [0.25, 0.3) is 0 Å². The summed E-state index contributed by atoms with van der Waals surface area (Å²) < 4.78 is 38.8. The highest BCUT2D eigenvalue weighted by Crippen LogP contribution is 2.24. The number of carbonyl (C=O) groups excluding carboxylic acids is 1. The van der Waals surface area contributed by atoms with Crippen molar-refractivity contribution in [2.24, 2.45) is 0 Å². The molecule has 2 aromatic carbocycles. The fraction of sp³-hybridized carbons (Fsp3) is 0.143. The second kappa shape index (κ2) is 9.55. The molecule has 12 heteroatoms. The van der Waals surface area contributed by atoms with Gasteiger partial charge in [0.05, 0.1) is 22.2 Å². The number of hydrogen-bond donors (Lipinski definition) is 1. The highest BCUT2D eigenvalue weighted by Gasteiger charge is 2.22. The fourth-order valence-corrected chi connectivity index (χ4v) is 3.22. The molecule has 0 spiro atoms. The molecule has 0 aliphatic heterocycles. The Balaban J connectivity index is 1.43. The number of ether oxygens (including phenoxy) is 1. The lowest BCUT2D eigenvalue weighted by molar-refractivity contribution is 0.101. The van der Waals surface area contributed by atoms with Gasteiger partial charge in [-0.05, 0) is 36.8 Å². The predicted molar refractivity (Wildman–Crippen MR) is 115 cm³/mol. The van der Waals surface area contributed by atoms with E-state index in [4.69, 9.17) is 32.5 Å². The van der Waals surface area contributed by atoms with Gasteiger partial charge < -0.3 is 9.26 Å². The van der Waals surface area contributed by atoms with E-state index in [2.05, 4.69) is 20.6 Å². The summed E-state index contributed by atoms with van der Waals surface area (Å²) in [5, 5.41) is 11.3. The summed E-state index contributed by atoms with van der Waals surface area (Å²) in [6.07, 6.45) is 1.44. The van der Waals surface area contributed by atoms with Gasteiger partial charge in [-0.3, -0.25) is 10.1 Å². The minimum Gasteiger partial charge on any atom is -0.486 e. The van der Waals surface area contributed by atoms with Crippen molar-refractivity contribution in [1.29, 1.82) is 0 Å². The van der Waals surface area contributed by atoms with E-state index in [1.165, 1.54) is 11.0 Å². The molecule has 1 amide bonds. The molecule has 1 N–H and O–H groups in total. The number of rotatable bonds is 7. The molecule has 0 atom stereocenters. The van der Waals surface area contributed by atoms with Crippen molar-refractivity contribution in [2.45, 2.75) is 20.1 Å². The SMILES string of the molecule is Cc1onc(C(=O)Nc2ncn(Cc3ccc(Cl)c(Cl)c3)n2)c1COc1ccc(F)cc1F. The maximum atomic E-state index is 13.8. The quantitative estimate of drug-likeness (QED) is 0.387. The number of anilines is 1. The van der Waals surface area contributed by atoms with Crippen molar-refractivity contribution < 1.29 is 22.8 Å². The third kappa shape index (κ3) is 5.29. The molecule has 2 heterocycles. The summed E-state index contributed by atoms with van der Waals surface area (Å²) in [6.45, 7) is 1.71. The Kier molecular flexibility index (Phi) is 6.57. The molecule has 0 saturated carbocycles. The Morgan fingerprint density at radius 2 is 2.00 bits per heavy atom. The van der Waals surface area contributed by atoms with E-state index in [1.807, 2.05) is 0 Å². The Morgan fingerprint density at radius 3 is 2.76 bits per heavy atom. The average molecular weight is 494 g/mol. The molecular formula is C21H15Cl2F2N5O3. The number of benzene rings is 2. The van der Waals surface area contributed by atoms with Gasteiger partial charge in [-0.25, -0.2) is 18.4 Å². The summed E-state index contributed by atoms with van der Waals surface area (Å²) in [7, 11) is 0. The van der Waals surface area contributed by atoms with Crippen molar-refractivity contribution in [2.75, 3.05) is 5.32 Å². The van der Waals surface area contributed by atoms with Gasteiger partial charge in [-0.15, -0.1) is 5.10 Å². The van der Waals surface area contributed by atoms with E-state index in [0.29, 0.717) is 34.0 Å². The zero-order valence-corrected chi connectivity index (χ0v) is 18.5. The van der Waals surface area contributed by atoms with Gasteiger partial charge in [0.15, 0.2) is 17.3 Å². The average Bonchev–Trinajstić information content (AvgIpc) is 3.36. The lowest BCUT2D eigenvalue weighted by atomic mass is 10.2. The molecule has 4 aromatic rings. The third-order valence-electron chi connectivity index (χ3n) is 4.56. The monoisotopic (exact) mass is 493 g/mol. The van der Waals surface area contributed by atoms with Gasteiger partial charge >= 0.3 is 0 Å². The number of nitrogens with one attached hydrogen (secondary N) is 1. The van der Waals surface area contributed by atoms with Gasteiger partial charge in [0.1, 0.15) is 24.5 Å². The minimum absolute atomic E-state index is 0.0390. The number of hydrogen-bond acceptors (Lipinski definition) is 6. The first-order valence-electron chi connectivity index (χ1n) is 9.48. The van der Waals surface area contributed by atoms with Crippen molar-refractivity contribution in [3.8, 4) is 5.75 Å². The van der Waals surface area contributed by atoms with Crippen LogP contribution in [-0.2, 0) is 13.2 Å². The zero-order chi connectivity index (χ0) is 23.5.